The molecule has 1 unspecified atom stereocenters. The van der Waals surface area contributed by atoms with Gasteiger partial charge in [0.2, 0.25) is 6.41 Å². The first kappa shape index (κ1) is 14.4. The predicted molar refractivity (Wildman–Crippen MR) is 72.0 cm³/mol. The second-order valence-corrected chi connectivity index (χ2v) is 4.71. The van der Waals surface area contributed by atoms with Crippen LogP contribution in [0.1, 0.15) is 38.7 Å². The lowest BCUT2D eigenvalue weighted by Crippen LogP contribution is -2.31. The van der Waals surface area contributed by atoms with Gasteiger partial charge in [0, 0.05) is 19.0 Å². The van der Waals surface area contributed by atoms with Gasteiger partial charge in [0.05, 0.1) is 0 Å². The molecule has 0 aliphatic rings. The minimum absolute atomic E-state index is 0.169. The summed E-state index contributed by atoms with van der Waals surface area (Å²) in [5.41, 5.74) is 1.13. The Morgan fingerprint density at radius 2 is 2.00 bits per heavy atom. The normalized spacial score (nSPS) is 11.9. The van der Waals surface area contributed by atoms with Crippen molar-refractivity contribution in [1.29, 1.82) is 0 Å². The summed E-state index contributed by atoms with van der Waals surface area (Å²) in [7, 11) is 0. The highest BCUT2D eigenvalue weighted by Crippen LogP contribution is 2.11. The molecule has 1 aromatic rings. The molecule has 1 atom stereocenters. The quantitative estimate of drug-likeness (QED) is 0.662. The van der Waals surface area contributed by atoms with Gasteiger partial charge in [-0.1, -0.05) is 30.3 Å². The minimum Gasteiger partial charge on any atom is -0.338 e. The van der Waals surface area contributed by atoms with Crippen molar-refractivity contribution < 1.29 is 9.59 Å². The van der Waals surface area contributed by atoms with Crippen LogP contribution >= 0.6 is 0 Å². The van der Waals surface area contributed by atoms with E-state index in [-0.39, 0.29) is 11.8 Å². The monoisotopic (exact) mass is 247 g/mol. The number of hydrogen-bond acceptors (Lipinski definition) is 2. The van der Waals surface area contributed by atoms with Crippen LogP contribution in [0.4, 0.5) is 0 Å². The van der Waals surface area contributed by atoms with Crippen LogP contribution in [-0.4, -0.2) is 23.1 Å². The molecule has 0 aliphatic heterocycles. The summed E-state index contributed by atoms with van der Waals surface area (Å²) in [6, 6.07) is 10.1. The van der Waals surface area contributed by atoms with Gasteiger partial charge in [-0.2, -0.15) is 0 Å². The van der Waals surface area contributed by atoms with Crippen LogP contribution < -0.4 is 0 Å². The number of hydrogen-bond donors (Lipinski definition) is 0. The highest BCUT2D eigenvalue weighted by atomic mass is 16.1. The van der Waals surface area contributed by atoms with Gasteiger partial charge in [0.1, 0.15) is 5.78 Å². The Hall–Kier alpha value is -1.64. The highest BCUT2D eigenvalue weighted by Gasteiger charge is 2.12. The molecule has 0 heterocycles. The highest BCUT2D eigenvalue weighted by molar-refractivity contribution is 5.75. The summed E-state index contributed by atoms with van der Waals surface area (Å²) in [4.78, 5) is 23.8. The van der Waals surface area contributed by atoms with Gasteiger partial charge in [-0.25, -0.2) is 0 Å². The van der Waals surface area contributed by atoms with E-state index in [2.05, 4.69) is 0 Å². The molecule has 0 N–H and O–H groups in total. The Bertz CT molecular complexity index is 375. The SMILES string of the molecule is CC(=O)CCCC(C)N(C=O)Cc1ccccc1. The van der Waals surface area contributed by atoms with Gasteiger partial charge in [-0.15, -0.1) is 0 Å². The van der Waals surface area contributed by atoms with Crippen molar-refractivity contribution in [3.8, 4) is 0 Å². The van der Waals surface area contributed by atoms with Crippen LogP contribution in [0.3, 0.4) is 0 Å². The van der Waals surface area contributed by atoms with E-state index in [1.54, 1.807) is 11.8 Å². The number of benzene rings is 1. The van der Waals surface area contributed by atoms with Crippen LogP contribution in [0.5, 0.6) is 0 Å². The van der Waals surface area contributed by atoms with E-state index >= 15 is 0 Å². The number of rotatable bonds is 8. The Kier molecular flexibility index (Phi) is 6.12. The summed E-state index contributed by atoms with van der Waals surface area (Å²) < 4.78 is 0. The van der Waals surface area contributed by atoms with E-state index in [1.807, 2.05) is 37.3 Å². The molecular weight excluding hydrogens is 226 g/mol. The molecule has 0 radical (unpaired) electrons. The second kappa shape index (κ2) is 7.64. The standard InChI is InChI=1S/C15H21NO2/c1-13(7-6-8-14(2)18)16(12-17)11-15-9-4-3-5-10-15/h3-5,9-10,12-13H,6-8,11H2,1-2H3. The van der Waals surface area contributed by atoms with Crippen LogP contribution in [0.2, 0.25) is 0 Å². The molecule has 0 saturated heterocycles. The molecule has 0 saturated carbocycles. The Labute approximate surface area is 109 Å². The zero-order chi connectivity index (χ0) is 13.4. The van der Waals surface area contributed by atoms with E-state index in [0.717, 1.165) is 24.8 Å². The van der Waals surface area contributed by atoms with Crippen molar-refractivity contribution in [2.45, 2.75) is 45.7 Å². The van der Waals surface area contributed by atoms with E-state index in [1.165, 1.54) is 0 Å². The second-order valence-electron chi connectivity index (χ2n) is 4.71. The van der Waals surface area contributed by atoms with E-state index in [0.29, 0.717) is 13.0 Å². The van der Waals surface area contributed by atoms with E-state index in [4.69, 9.17) is 0 Å². The molecule has 1 aromatic carbocycles. The molecular formula is C15H21NO2. The summed E-state index contributed by atoms with van der Waals surface area (Å²) in [6.45, 7) is 4.26. The van der Waals surface area contributed by atoms with Gasteiger partial charge in [0.25, 0.3) is 0 Å². The Morgan fingerprint density at radius 3 is 2.56 bits per heavy atom. The predicted octanol–water partition coefficient (Wildman–Crippen LogP) is 2.79. The largest absolute Gasteiger partial charge is 0.338 e. The van der Waals surface area contributed by atoms with Crippen molar-refractivity contribution in [2.24, 2.45) is 0 Å². The van der Waals surface area contributed by atoms with Gasteiger partial charge in [0.15, 0.2) is 0 Å². The fourth-order valence-electron chi connectivity index (χ4n) is 1.90. The zero-order valence-corrected chi connectivity index (χ0v) is 11.1. The fraction of sp³-hybridized carbons (Fsp3) is 0.467. The smallest absolute Gasteiger partial charge is 0.210 e. The van der Waals surface area contributed by atoms with Crippen molar-refractivity contribution in [1.82, 2.24) is 4.90 Å². The van der Waals surface area contributed by atoms with Crippen LogP contribution in [0.15, 0.2) is 30.3 Å². The van der Waals surface area contributed by atoms with Crippen LogP contribution in [0, 0.1) is 0 Å². The minimum atomic E-state index is 0.169. The molecule has 18 heavy (non-hydrogen) atoms. The topological polar surface area (TPSA) is 37.4 Å². The lowest BCUT2D eigenvalue weighted by Gasteiger charge is -2.25. The maximum absolute atomic E-state index is 11.1. The molecule has 0 spiro atoms. The average molecular weight is 247 g/mol. The summed E-state index contributed by atoms with van der Waals surface area (Å²) >= 11 is 0. The first-order chi connectivity index (χ1) is 8.63. The van der Waals surface area contributed by atoms with Gasteiger partial charge in [-0.05, 0) is 32.3 Å². The number of carbonyl (C=O) groups is 2. The van der Waals surface area contributed by atoms with Crippen molar-refractivity contribution in [2.75, 3.05) is 0 Å². The number of amides is 1. The number of carbonyl (C=O) groups excluding carboxylic acids is 2. The van der Waals surface area contributed by atoms with Crippen LogP contribution in [0.25, 0.3) is 0 Å². The fourth-order valence-corrected chi connectivity index (χ4v) is 1.90. The van der Waals surface area contributed by atoms with Crippen molar-refractivity contribution >= 4 is 12.2 Å². The van der Waals surface area contributed by atoms with Crippen LogP contribution in [-0.2, 0) is 16.1 Å². The molecule has 1 rings (SSSR count). The molecule has 0 fully saturated rings. The summed E-state index contributed by atoms with van der Waals surface area (Å²) in [5, 5.41) is 0. The van der Waals surface area contributed by atoms with Crippen molar-refractivity contribution in [3.05, 3.63) is 35.9 Å². The third-order valence-corrected chi connectivity index (χ3v) is 3.06. The third kappa shape index (κ3) is 5.13. The zero-order valence-electron chi connectivity index (χ0n) is 11.1. The maximum Gasteiger partial charge on any atom is 0.210 e. The number of ketones is 1. The number of Topliss-reactive ketones (excluding diaryl/α,β-unsaturated/α-hetero) is 1. The molecule has 1 amide bonds. The lowest BCUT2D eigenvalue weighted by molar-refractivity contribution is -0.120. The number of nitrogens with zero attached hydrogens (tertiary/aromatic N) is 1. The summed E-state index contributed by atoms with van der Waals surface area (Å²) in [5.74, 6) is 0.211. The molecule has 0 aromatic heterocycles. The maximum atomic E-state index is 11.1. The molecule has 3 heteroatoms. The van der Waals surface area contributed by atoms with Gasteiger partial charge < -0.3 is 9.69 Å². The molecule has 0 bridgehead atoms. The molecule has 98 valence electrons. The van der Waals surface area contributed by atoms with Crippen molar-refractivity contribution in [3.63, 3.8) is 0 Å². The average Bonchev–Trinajstić information content (AvgIpc) is 2.36. The molecule has 3 nitrogen and oxygen atoms in total. The Balaban J connectivity index is 2.45. The first-order valence-corrected chi connectivity index (χ1v) is 6.38. The Morgan fingerprint density at radius 1 is 1.33 bits per heavy atom. The molecule has 0 aliphatic carbocycles. The van der Waals surface area contributed by atoms with Gasteiger partial charge in [-0.3, -0.25) is 4.79 Å². The van der Waals surface area contributed by atoms with E-state index < -0.39 is 0 Å². The van der Waals surface area contributed by atoms with Gasteiger partial charge >= 0.3 is 0 Å². The summed E-state index contributed by atoms with van der Waals surface area (Å²) in [6.07, 6.45) is 3.20. The lowest BCUT2D eigenvalue weighted by atomic mass is 10.1. The van der Waals surface area contributed by atoms with E-state index in [9.17, 15) is 9.59 Å². The first-order valence-electron chi connectivity index (χ1n) is 6.38. The third-order valence-electron chi connectivity index (χ3n) is 3.06.